The highest BCUT2D eigenvalue weighted by molar-refractivity contribution is 6.03. The average molecular weight is 337 g/mol. The molecule has 5 nitrogen and oxygen atoms in total. The number of aryl methyl sites for hydroxylation is 1. The van der Waals surface area contributed by atoms with E-state index < -0.39 is 0 Å². The van der Waals surface area contributed by atoms with Crippen molar-refractivity contribution in [2.45, 2.75) is 33.1 Å². The van der Waals surface area contributed by atoms with Gasteiger partial charge in [-0.15, -0.1) is 0 Å². The van der Waals surface area contributed by atoms with Gasteiger partial charge in [-0.05, 0) is 42.7 Å². The minimum Gasteiger partial charge on any atom is -0.312 e. The van der Waals surface area contributed by atoms with E-state index in [-0.39, 0.29) is 24.2 Å². The van der Waals surface area contributed by atoms with E-state index in [1.54, 1.807) is 11.0 Å². The summed E-state index contributed by atoms with van der Waals surface area (Å²) in [5.41, 5.74) is 2.88. The minimum absolute atomic E-state index is 0.0155. The fourth-order valence-corrected chi connectivity index (χ4v) is 3.03. The first-order valence-corrected chi connectivity index (χ1v) is 8.59. The fourth-order valence-electron chi connectivity index (χ4n) is 3.03. The summed E-state index contributed by atoms with van der Waals surface area (Å²) in [5.74, 6) is 0.381. The molecule has 1 unspecified atom stereocenters. The molecule has 1 aliphatic rings. The third-order valence-electron chi connectivity index (χ3n) is 4.48. The van der Waals surface area contributed by atoms with Gasteiger partial charge in [-0.25, -0.2) is 4.98 Å². The summed E-state index contributed by atoms with van der Waals surface area (Å²) in [6.45, 7) is 6.52. The van der Waals surface area contributed by atoms with Gasteiger partial charge in [0.1, 0.15) is 5.82 Å². The maximum atomic E-state index is 12.5. The van der Waals surface area contributed by atoms with Crippen LogP contribution in [0.3, 0.4) is 0 Å². The molecule has 3 rings (SSSR count). The third kappa shape index (κ3) is 3.87. The van der Waals surface area contributed by atoms with Crippen LogP contribution < -0.4 is 10.2 Å². The summed E-state index contributed by atoms with van der Waals surface area (Å²) in [7, 11) is 0. The van der Waals surface area contributed by atoms with Gasteiger partial charge in [0, 0.05) is 24.3 Å². The molecule has 1 aliphatic heterocycles. The Kier molecular flexibility index (Phi) is 4.83. The van der Waals surface area contributed by atoms with Gasteiger partial charge >= 0.3 is 0 Å². The molecule has 1 aromatic carbocycles. The molecule has 1 saturated heterocycles. The number of nitrogens with one attached hydrogen (secondary N) is 1. The zero-order chi connectivity index (χ0) is 18.0. The summed E-state index contributed by atoms with van der Waals surface area (Å²) < 4.78 is 0. The number of hydrogen-bond acceptors (Lipinski definition) is 3. The Morgan fingerprint density at radius 3 is 2.72 bits per heavy atom. The highest BCUT2D eigenvalue weighted by atomic mass is 16.2. The van der Waals surface area contributed by atoms with Gasteiger partial charge in [0.15, 0.2) is 0 Å². The summed E-state index contributed by atoms with van der Waals surface area (Å²) in [4.78, 5) is 30.9. The molecular weight excluding hydrogens is 314 g/mol. The summed E-state index contributed by atoms with van der Waals surface area (Å²) in [6.07, 6.45) is 0.226. The average Bonchev–Trinajstić information content (AvgIpc) is 2.97. The Balaban J connectivity index is 1.71. The van der Waals surface area contributed by atoms with Gasteiger partial charge in [0.05, 0.1) is 5.92 Å². The number of amides is 2. The second-order valence-electron chi connectivity index (χ2n) is 6.81. The van der Waals surface area contributed by atoms with Crippen molar-refractivity contribution in [3.63, 3.8) is 0 Å². The van der Waals surface area contributed by atoms with Crippen LogP contribution in [0.4, 0.5) is 11.5 Å². The molecule has 0 spiro atoms. The Morgan fingerprint density at radius 2 is 2.00 bits per heavy atom. The van der Waals surface area contributed by atoms with E-state index in [2.05, 4.69) is 30.2 Å². The molecule has 0 bridgehead atoms. The highest BCUT2D eigenvalue weighted by Crippen LogP contribution is 2.28. The summed E-state index contributed by atoms with van der Waals surface area (Å²) in [5, 5.41) is 2.82. The standard InChI is InChI=1S/C20H23N3O2/c1-13(2)15-7-5-8-17(10-15)23-12-16(11-19(23)24)20(25)22-18-9-4-6-14(3)21-18/h4-10,13,16H,11-12H2,1-3H3,(H,21,22,25). The van der Waals surface area contributed by atoms with E-state index in [0.717, 1.165) is 11.4 Å². The molecule has 1 aromatic heterocycles. The van der Waals surface area contributed by atoms with Crippen molar-refractivity contribution < 1.29 is 9.59 Å². The maximum absolute atomic E-state index is 12.5. The lowest BCUT2D eigenvalue weighted by Crippen LogP contribution is -2.28. The van der Waals surface area contributed by atoms with Crippen molar-refractivity contribution in [3.05, 3.63) is 53.7 Å². The minimum atomic E-state index is -0.363. The number of carbonyl (C=O) groups excluding carboxylic acids is 2. The van der Waals surface area contributed by atoms with Gasteiger partial charge in [0.2, 0.25) is 11.8 Å². The number of pyridine rings is 1. The molecule has 1 N–H and O–H groups in total. The van der Waals surface area contributed by atoms with Crippen molar-refractivity contribution in [1.29, 1.82) is 0 Å². The number of carbonyl (C=O) groups is 2. The Hall–Kier alpha value is -2.69. The number of rotatable bonds is 4. The van der Waals surface area contributed by atoms with Gasteiger partial charge in [-0.2, -0.15) is 0 Å². The number of aromatic nitrogens is 1. The summed E-state index contributed by atoms with van der Waals surface area (Å²) >= 11 is 0. The first kappa shape index (κ1) is 17.1. The highest BCUT2D eigenvalue weighted by Gasteiger charge is 2.35. The smallest absolute Gasteiger partial charge is 0.230 e. The first-order chi connectivity index (χ1) is 11.9. The van der Waals surface area contributed by atoms with Crippen LogP contribution in [0.15, 0.2) is 42.5 Å². The van der Waals surface area contributed by atoms with Gasteiger partial charge < -0.3 is 10.2 Å². The molecular formula is C20H23N3O2. The Bertz CT molecular complexity index is 801. The van der Waals surface area contributed by atoms with Crippen molar-refractivity contribution in [2.75, 3.05) is 16.8 Å². The predicted octanol–water partition coefficient (Wildman–Crippen LogP) is 3.51. The van der Waals surface area contributed by atoms with Crippen LogP contribution in [0, 0.1) is 12.8 Å². The molecule has 25 heavy (non-hydrogen) atoms. The fraction of sp³-hybridized carbons (Fsp3) is 0.350. The second kappa shape index (κ2) is 7.05. The van der Waals surface area contributed by atoms with Gasteiger partial charge in [0.25, 0.3) is 0 Å². The lowest BCUT2D eigenvalue weighted by atomic mass is 10.0. The number of hydrogen-bond donors (Lipinski definition) is 1. The zero-order valence-electron chi connectivity index (χ0n) is 14.8. The van der Waals surface area contributed by atoms with Crippen LogP contribution in [0.2, 0.25) is 0 Å². The molecule has 1 atom stereocenters. The lowest BCUT2D eigenvalue weighted by Gasteiger charge is -2.18. The largest absolute Gasteiger partial charge is 0.312 e. The Labute approximate surface area is 148 Å². The van der Waals surface area contributed by atoms with E-state index in [9.17, 15) is 9.59 Å². The van der Waals surface area contributed by atoms with Crippen molar-refractivity contribution >= 4 is 23.3 Å². The molecule has 1 fully saturated rings. The normalized spacial score (nSPS) is 17.2. The molecule has 0 radical (unpaired) electrons. The monoisotopic (exact) mass is 337 g/mol. The number of anilines is 2. The quantitative estimate of drug-likeness (QED) is 0.929. The molecule has 2 heterocycles. The summed E-state index contributed by atoms with van der Waals surface area (Å²) in [6, 6.07) is 13.5. The molecule has 2 amide bonds. The van der Waals surface area contributed by atoms with Crippen LogP contribution in [-0.2, 0) is 9.59 Å². The van der Waals surface area contributed by atoms with E-state index in [0.29, 0.717) is 18.3 Å². The SMILES string of the molecule is Cc1cccc(NC(=O)C2CC(=O)N(c3cccc(C(C)C)c3)C2)n1. The number of nitrogens with zero attached hydrogens (tertiary/aromatic N) is 2. The van der Waals surface area contributed by atoms with E-state index >= 15 is 0 Å². The van der Waals surface area contributed by atoms with Crippen molar-refractivity contribution in [1.82, 2.24) is 4.98 Å². The van der Waals surface area contributed by atoms with Gasteiger partial charge in [-0.1, -0.05) is 32.0 Å². The van der Waals surface area contributed by atoms with Crippen LogP contribution in [0.5, 0.6) is 0 Å². The molecule has 130 valence electrons. The predicted molar refractivity (Wildman–Crippen MR) is 98.6 cm³/mol. The van der Waals surface area contributed by atoms with E-state index in [1.807, 2.05) is 37.3 Å². The second-order valence-corrected chi connectivity index (χ2v) is 6.81. The molecule has 5 heteroatoms. The molecule has 0 aliphatic carbocycles. The zero-order valence-corrected chi connectivity index (χ0v) is 14.8. The molecule has 0 saturated carbocycles. The van der Waals surface area contributed by atoms with E-state index in [4.69, 9.17) is 0 Å². The van der Waals surface area contributed by atoms with Crippen LogP contribution in [0.25, 0.3) is 0 Å². The maximum Gasteiger partial charge on any atom is 0.230 e. The molecule has 2 aromatic rings. The van der Waals surface area contributed by atoms with Crippen molar-refractivity contribution in [2.24, 2.45) is 5.92 Å². The lowest BCUT2D eigenvalue weighted by molar-refractivity contribution is -0.122. The first-order valence-electron chi connectivity index (χ1n) is 8.59. The van der Waals surface area contributed by atoms with Crippen LogP contribution >= 0.6 is 0 Å². The van der Waals surface area contributed by atoms with Crippen LogP contribution in [-0.4, -0.2) is 23.3 Å². The van der Waals surface area contributed by atoms with Crippen molar-refractivity contribution in [3.8, 4) is 0 Å². The van der Waals surface area contributed by atoms with E-state index in [1.165, 1.54) is 5.56 Å². The Morgan fingerprint density at radius 1 is 1.24 bits per heavy atom. The third-order valence-corrected chi connectivity index (χ3v) is 4.48. The van der Waals surface area contributed by atoms with Gasteiger partial charge in [-0.3, -0.25) is 9.59 Å². The number of benzene rings is 1. The topological polar surface area (TPSA) is 62.3 Å². The van der Waals surface area contributed by atoms with Crippen LogP contribution in [0.1, 0.15) is 37.4 Å².